The van der Waals surface area contributed by atoms with Gasteiger partial charge in [-0.25, -0.2) is 8.42 Å². The highest BCUT2D eigenvalue weighted by Crippen LogP contribution is 2.43. The van der Waals surface area contributed by atoms with E-state index in [4.69, 9.17) is 10.2 Å². The van der Waals surface area contributed by atoms with E-state index in [-0.39, 0.29) is 35.5 Å². The molecule has 2 saturated heterocycles. The topological polar surface area (TPSA) is 74.6 Å². The van der Waals surface area contributed by atoms with Crippen LogP contribution in [0, 0.1) is 11.8 Å². The molecule has 0 saturated carbocycles. The molecule has 0 spiro atoms. The van der Waals surface area contributed by atoms with Crippen LogP contribution in [-0.2, 0) is 9.84 Å². The Kier molecular flexibility index (Phi) is 3.05. The van der Waals surface area contributed by atoms with Gasteiger partial charge in [0, 0.05) is 19.1 Å². The van der Waals surface area contributed by atoms with Gasteiger partial charge in [0.05, 0.1) is 10.5 Å². The van der Waals surface area contributed by atoms with Gasteiger partial charge in [-0.1, -0.05) is 0 Å². The average molecular weight is 234 g/mol. The fourth-order valence-corrected chi connectivity index (χ4v) is 5.49. The summed E-state index contributed by atoms with van der Waals surface area (Å²) in [6, 6.07) is 0. The van der Waals surface area contributed by atoms with E-state index >= 15 is 0 Å². The van der Waals surface area contributed by atoms with Crippen LogP contribution < -0.4 is 0 Å². The van der Waals surface area contributed by atoms with Crippen molar-refractivity contribution in [2.24, 2.45) is 11.8 Å². The van der Waals surface area contributed by atoms with E-state index in [0.29, 0.717) is 12.8 Å². The maximum Gasteiger partial charge on any atom is 0.156 e. The number of sulfone groups is 1. The lowest BCUT2D eigenvalue weighted by Crippen LogP contribution is -2.37. The first kappa shape index (κ1) is 11.4. The Hall–Kier alpha value is -0.130. The number of rotatable bonds is 3. The summed E-state index contributed by atoms with van der Waals surface area (Å²) in [6.45, 7) is -0.0820. The molecule has 2 bridgehead atoms. The first-order valence-corrected chi connectivity index (χ1v) is 7.15. The molecule has 2 fully saturated rings. The second kappa shape index (κ2) is 4.03. The molecule has 0 aliphatic carbocycles. The Labute approximate surface area is 90.2 Å². The Bertz CT molecular complexity index is 300. The lowest BCUT2D eigenvalue weighted by Gasteiger charge is -2.32. The summed E-state index contributed by atoms with van der Waals surface area (Å²) in [7, 11) is -2.88. The van der Waals surface area contributed by atoms with E-state index in [1.54, 1.807) is 0 Å². The molecule has 0 aromatic rings. The Morgan fingerprint density at radius 3 is 1.93 bits per heavy atom. The third kappa shape index (κ3) is 1.81. The molecule has 15 heavy (non-hydrogen) atoms. The van der Waals surface area contributed by atoms with Crippen molar-refractivity contribution in [1.82, 2.24) is 0 Å². The van der Waals surface area contributed by atoms with Crippen molar-refractivity contribution in [1.29, 1.82) is 0 Å². The third-order valence-corrected chi connectivity index (χ3v) is 6.72. The SMILES string of the molecule is O=S1(=O)C2CCC1CC(C(CO)CO)C2. The monoisotopic (exact) mass is 234 g/mol. The van der Waals surface area contributed by atoms with Crippen molar-refractivity contribution < 1.29 is 18.6 Å². The van der Waals surface area contributed by atoms with Gasteiger partial charge in [0.25, 0.3) is 0 Å². The van der Waals surface area contributed by atoms with Gasteiger partial charge in [-0.15, -0.1) is 0 Å². The molecule has 2 atom stereocenters. The van der Waals surface area contributed by atoms with Crippen molar-refractivity contribution in [2.45, 2.75) is 36.2 Å². The van der Waals surface area contributed by atoms with E-state index in [1.165, 1.54) is 0 Å². The summed E-state index contributed by atoms with van der Waals surface area (Å²) in [4.78, 5) is 0. The quantitative estimate of drug-likeness (QED) is 0.717. The molecular weight excluding hydrogens is 216 g/mol. The highest BCUT2D eigenvalue weighted by Gasteiger charge is 2.48. The highest BCUT2D eigenvalue weighted by atomic mass is 32.2. The minimum Gasteiger partial charge on any atom is -0.396 e. The second-order valence-corrected chi connectivity index (χ2v) is 7.28. The van der Waals surface area contributed by atoms with Crippen molar-refractivity contribution >= 4 is 9.84 Å². The zero-order valence-electron chi connectivity index (χ0n) is 8.67. The summed E-state index contributed by atoms with van der Waals surface area (Å²) in [6.07, 6.45) is 2.80. The first-order chi connectivity index (χ1) is 7.09. The van der Waals surface area contributed by atoms with Crippen molar-refractivity contribution in [3.63, 3.8) is 0 Å². The Balaban J connectivity index is 2.12. The largest absolute Gasteiger partial charge is 0.396 e. The van der Waals surface area contributed by atoms with Gasteiger partial charge >= 0.3 is 0 Å². The molecule has 0 aromatic heterocycles. The average Bonchev–Trinajstić information content (AvgIpc) is 2.43. The number of aliphatic hydroxyl groups is 2. The fourth-order valence-electron chi connectivity index (χ4n) is 2.99. The molecule has 0 radical (unpaired) electrons. The van der Waals surface area contributed by atoms with Crippen LogP contribution in [0.5, 0.6) is 0 Å². The second-order valence-electron chi connectivity index (χ2n) is 4.77. The van der Waals surface area contributed by atoms with Crippen LogP contribution >= 0.6 is 0 Å². The number of hydrogen-bond donors (Lipinski definition) is 2. The Morgan fingerprint density at radius 1 is 1.07 bits per heavy atom. The van der Waals surface area contributed by atoms with Crippen LogP contribution in [0.1, 0.15) is 25.7 Å². The van der Waals surface area contributed by atoms with Gasteiger partial charge < -0.3 is 10.2 Å². The van der Waals surface area contributed by atoms with E-state index in [2.05, 4.69) is 0 Å². The summed E-state index contributed by atoms with van der Waals surface area (Å²) in [5.74, 6) is 0.0459. The summed E-state index contributed by atoms with van der Waals surface area (Å²) in [5.41, 5.74) is 0. The van der Waals surface area contributed by atoms with Gasteiger partial charge in [-0.05, 0) is 31.6 Å². The predicted octanol–water partition coefficient (Wildman–Crippen LogP) is -0.0570. The Morgan fingerprint density at radius 2 is 1.53 bits per heavy atom. The van der Waals surface area contributed by atoms with Gasteiger partial charge in [0.2, 0.25) is 0 Å². The lowest BCUT2D eigenvalue weighted by molar-refractivity contribution is 0.0973. The van der Waals surface area contributed by atoms with E-state index in [1.807, 2.05) is 0 Å². The predicted molar refractivity (Wildman–Crippen MR) is 56.1 cm³/mol. The summed E-state index contributed by atoms with van der Waals surface area (Å²) < 4.78 is 23.6. The maximum atomic E-state index is 11.8. The standard InChI is InChI=1S/C10H18O4S/c11-5-8(6-12)7-3-9-1-2-10(4-7)15(9,13)14/h7-12H,1-6H2. The molecular formula is C10H18O4S. The zero-order valence-corrected chi connectivity index (χ0v) is 9.49. The van der Waals surface area contributed by atoms with Gasteiger partial charge in [-0.3, -0.25) is 0 Å². The van der Waals surface area contributed by atoms with Gasteiger partial charge in [-0.2, -0.15) is 0 Å². The molecule has 0 aromatic carbocycles. The van der Waals surface area contributed by atoms with E-state index in [9.17, 15) is 8.42 Å². The van der Waals surface area contributed by atoms with Crippen LogP contribution in [-0.4, -0.2) is 42.3 Å². The molecule has 2 aliphatic rings. The molecule has 2 unspecified atom stereocenters. The van der Waals surface area contributed by atoms with Crippen LogP contribution in [0.2, 0.25) is 0 Å². The van der Waals surface area contributed by atoms with Gasteiger partial charge in [0.15, 0.2) is 9.84 Å². The molecule has 5 heteroatoms. The lowest BCUT2D eigenvalue weighted by atomic mass is 9.86. The van der Waals surface area contributed by atoms with Crippen molar-refractivity contribution in [2.75, 3.05) is 13.2 Å². The molecule has 4 nitrogen and oxygen atoms in total. The van der Waals surface area contributed by atoms with Crippen LogP contribution in [0.3, 0.4) is 0 Å². The van der Waals surface area contributed by atoms with Crippen LogP contribution in [0.15, 0.2) is 0 Å². The summed E-state index contributed by atoms with van der Waals surface area (Å²) >= 11 is 0. The number of fused-ring (bicyclic) bond motifs is 2. The minimum atomic E-state index is -2.88. The normalized spacial score (nSPS) is 38.5. The van der Waals surface area contributed by atoms with Crippen molar-refractivity contribution in [3.05, 3.63) is 0 Å². The van der Waals surface area contributed by atoms with Gasteiger partial charge in [0.1, 0.15) is 0 Å². The van der Waals surface area contributed by atoms with E-state index < -0.39 is 9.84 Å². The molecule has 2 aliphatic heterocycles. The third-order valence-electron chi connectivity index (χ3n) is 4.01. The highest BCUT2D eigenvalue weighted by molar-refractivity contribution is 7.93. The minimum absolute atomic E-state index is 0.0410. The maximum absolute atomic E-state index is 11.8. The number of aliphatic hydroxyl groups excluding tert-OH is 2. The molecule has 2 rings (SSSR count). The molecule has 2 heterocycles. The molecule has 2 N–H and O–H groups in total. The van der Waals surface area contributed by atoms with E-state index in [0.717, 1.165) is 12.8 Å². The summed E-state index contributed by atoms with van der Waals surface area (Å²) in [5, 5.41) is 17.8. The zero-order chi connectivity index (χ0) is 11.1. The van der Waals surface area contributed by atoms with Crippen LogP contribution in [0.25, 0.3) is 0 Å². The smallest absolute Gasteiger partial charge is 0.156 e. The first-order valence-electron chi connectivity index (χ1n) is 5.54. The van der Waals surface area contributed by atoms with Crippen molar-refractivity contribution in [3.8, 4) is 0 Å². The molecule has 0 amide bonds. The molecule has 88 valence electrons. The fraction of sp³-hybridized carbons (Fsp3) is 1.00. The van der Waals surface area contributed by atoms with Crippen LogP contribution in [0.4, 0.5) is 0 Å². The number of hydrogen-bond acceptors (Lipinski definition) is 4.